The molecule has 2 amide bonds. The van der Waals surface area contributed by atoms with Gasteiger partial charge in [0.25, 0.3) is 5.91 Å². The molecule has 0 unspecified atom stereocenters. The largest absolute Gasteiger partial charge is 0.302 e. The van der Waals surface area contributed by atoms with Gasteiger partial charge in [0.2, 0.25) is 5.91 Å². The number of benzene rings is 2. The van der Waals surface area contributed by atoms with Gasteiger partial charge in [-0.1, -0.05) is 48.5 Å². The average Bonchev–Trinajstić information content (AvgIpc) is 2.59. The van der Waals surface area contributed by atoms with Crippen LogP contribution in [0.25, 0.3) is 0 Å². The summed E-state index contributed by atoms with van der Waals surface area (Å²) in [6.45, 7) is 0. The summed E-state index contributed by atoms with van der Waals surface area (Å²) in [4.78, 5) is 23.6. The Balaban J connectivity index is 1.70. The van der Waals surface area contributed by atoms with Gasteiger partial charge >= 0.3 is 0 Å². The highest BCUT2D eigenvalue weighted by Gasteiger charge is 2.07. The molecule has 0 bridgehead atoms. The van der Waals surface area contributed by atoms with Crippen molar-refractivity contribution < 1.29 is 9.59 Å². The average molecular weight is 327 g/mol. The SMILES string of the molecule is O=C(CCc1ccccc1)NC(=S)NNC(=O)c1ccccc1. The van der Waals surface area contributed by atoms with Crippen LogP contribution >= 0.6 is 12.2 Å². The first-order chi connectivity index (χ1) is 11.1. The summed E-state index contributed by atoms with van der Waals surface area (Å²) in [5, 5.41) is 2.59. The predicted octanol–water partition coefficient (Wildman–Crippen LogP) is 1.95. The number of thiocarbonyl (C=S) groups is 1. The van der Waals surface area contributed by atoms with Crippen molar-refractivity contribution in [1.29, 1.82) is 0 Å². The maximum Gasteiger partial charge on any atom is 0.269 e. The fourth-order valence-corrected chi connectivity index (χ4v) is 2.06. The monoisotopic (exact) mass is 327 g/mol. The minimum absolute atomic E-state index is 0.0624. The zero-order valence-electron chi connectivity index (χ0n) is 12.4. The number of carbonyl (C=O) groups is 2. The van der Waals surface area contributed by atoms with Crippen LogP contribution in [0.15, 0.2) is 60.7 Å². The Labute approximate surface area is 140 Å². The van der Waals surface area contributed by atoms with E-state index in [2.05, 4.69) is 16.2 Å². The predicted molar refractivity (Wildman–Crippen MR) is 92.5 cm³/mol. The van der Waals surface area contributed by atoms with E-state index in [4.69, 9.17) is 12.2 Å². The van der Waals surface area contributed by atoms with Crippen LogP contribution < -0.4 is 16.2 Å². The molecule has 23 heavy (non-hydrogen) atoms. The van der Waals surface area contributed by atoms with Crippen LogP contribution in [0.3, 0.4) is 0 Å². The van der Waals surface area contributed by atoms with Gasteiger partial charge < -0.3 is 5.32 Å². The molecule has 6 heteroatoms. The van der Waals surface area contributed by atoms with Crippen LogP contribution in [0.5, 0.6) is 0 Å². The lowest BCUT2D eigenvalue weighted by Gasteiger charge is -2.10. The second kappa shape index (κ2) is 8.65. The lowest BCUT2D eigenvalue weighted by Crippen LogP contribution is -2.48. The van der Waals surface area contributed by atoms with Crippen LogP contribution in [0.4, 0.5) is 0 Å². The lowest BCUT2D eigenvalue weighted by atomic mass is 10.1. The van der Waals surface area contributed by atoms with Gasteiger partial charge in [-0.25, -0.2) is 0 Å². The van der Waals surface area contributed by atoms with Crippen LogP contribution in [0, 0.1) is 0 Å². The summed E-state index contributed by atoms with van der Waals surface area (Å²) in [5.74, 6) is -0.535. The number of rotatable bonds is 4. The molecule has 0 saturated heterocycles. The fourth-order valence-electron chi connectivity index (χ4n) is 1.90. The Kier molecular flexibility index (Phi) is 6.26. The van der Waals surface area contributed by atoms with Gasteiger partial charge in [-0.15, -0.1) is 0 Å². The van der Waals surface area contributed by atoms with E-state index in [1.54, 1.807) is 24.3 Å². The molecule has 0 saturated carbocycles. The number of aryl methyl sites for hydroxylation is 1. The van der Waals surface area contributed by atoms with E-state index >= 15 is 0 Å². The van der Waals surface area contributed by atoms with Crippen LogP contribution in [-0.4, -0.2) is 16.9 Å². The van der Waals surface area contributed by atoms with E-state index in [1.165, 1.54) is 0 Å². The summed E-state index contributed by atoms with van der Waals surface area (Å²) >= 11 is 4.97. The van der Waals surface area contributed by atoms with E-state index in [9.17, 15) is 9.59 Å². The molecule has 0 heterocycles. The molecule has 2 aromatic rings. The third-order valence-corrected chi connectivity index (χ3v) is 3.27. The van der Waals surface area contributed by atoms with Gasteiger partial charge in [-0.3, -0.25) is 20.4 Å². The summed E-state index contributed by atoms with van der Waals surface area (Å²) in [7, 11) is 0. The highest BCUT2D eigenvalue weighted by atomic mass is 32.1. The minimum Gasteiger partial charge on any atom is -0.302 e. The van der Waals surface area contributed by atoms with Crippen LogP contribution in [0.2, 0.25) is 0 Å². The summed E-state index contributed by atoms with van der Waals surface area (Å²) in [6.07, 6.45) is 0.949. The molecule has 0 aliphatic rings. The highest BCUT2D eigenvalue weighted by Crippen LogP contribution is 2.02. The van der Waals surface area contributed by atoms with Crippen LogP contribution in [0.1, 0.15) is 22.3 Å². The smallest absolute Gasteiger partial charge is 0.269 e. The van der Waals surface area contributed by atoms with Crippen molar-refractivity contribution in [2.45, 2.75) is 12.8 Å². The first kappa shape index (κ1) is 16.6. The quantitative estimate of drug-likeness (QED) is 0.593. The van der Waals surface area contributed by atoms with Crippen molar-refractivity contribution in [2.24, 2.45) is 0 Å². The molecule has 118 valence electrons. The number of nitrogens with one attached hydrogen (secondary N) is 3. The van der Waals surface area contributed by atoms with Crippen LogP contribution in [-0.2, 0) is 11.2 Å². The van der Waals surface area contributed by atoms with Gasteiger partial charge in [-0.05, 0) is 36.3 Å². The number of hydrogen-bond donors (Lipinski definition) is 3. The zero-order valence-corrected chi connectivity index (χ0v) is 13.2. The van der Waals surface area contributed by atoms with E-state index in [1.807, 2.05) is 36.4 Å². The van der Waals surface area contributed by atoms with Crippen molar-refractivity contribution in [2.75, 3.05) is 0 Å². The lowest BCUT2D eigenvalue weighted by molar-refractivity contribution is -0.119. The first-order valence-corrected chi connectivity index (χ1v) is 7.55. The third kappa shape index (κ3) is 5.88. The van der Waals surface area contributed by atoms with Crippen molar-refractivity contribution in [3.05, 3.63) is 71.8 Å². The van der Waals surface area contributed by atoms with E-state index < -0.39 is 0 Å². The van der Waals surface area contributed by atoms with Gasteiger partial charge in [-0.2, -0.15) is 0 Å². The normalized spacial score (nSPS) is 9.74. The number of hydrogen-bond acceptors (Lipinski definition) is 3. The molecule has 2 aromatic carbocycles. The van der Waals surface area contributed by atoms with E-state index in [-0.39, 0.29) is 16.9 Å². The fraction of sp³-hybridized carbons (Fsp3) is 0.118. The van der Waals surface area contributed by atoms with Gasteiger partial charge in [0, 0.05) is 12.0 Å². The molecule has 0 aliphatic carbocycles. The molecule has 0 aromatic heterocycles. The summed E-state index contributed by atoms with van der Waals surface area (Å²) in [6, 6.07) is 18.4. The molecule has 5 nitrogen and oxygen atoms in total. The Morgan fingerprint density at radius 3 is 2.13 bits per heavy atom. The summed E-state index contributed by atoms with van der Waals surface area (Å²) < 4.78 is 0. The van der Waals surface area contributed by atoms with Crippen molar-refractivity contribution >= 4 is 29.1 Å². The Bertz CT molecular complexity index is 675. The van der Waals surface area contributed by atoms with Gasteiger partial charge in [0.1, 0.15) is 0 Å². The number of hydrazine groups is 1. The summed E-state index contributed by atoms with van der Waals surface area (Å²) in [5.41, 5.74) is 6.52. The molecule has 0 spiro atoms. The molecule has 0 atom stereocenters. The molecular weight excluding hydrogens is 310 g/mol. The topological polar surface area (TPSA) is 70.2 Å². The van der Waals surface area contributed by atoms with Gasteiger partial charge in [0.15, 0.2) is 5.11 Å². The maximum atomic E-state index is 11.8. The Morgan fingerprint density at radius 1 is 0.870 bits per heavy atom. The first-order valence-electron chi connectivity index (χ1n) is 7.14. The highest BCUT2D eigenvalue weighted by molar-refractivity contribution is 7.80. The molecule has 0 fully saturated rings. The number of amides is 2. The second-order valence-electron chi connectivity index (χ2n) is 4.81. The molecule has 0 aliphatic heterocycles. The zero-order chi connectivity index (χ0) is 16.5. The van der Waals surface area contributed by atoms with E-state index in [0.717, 1.165) is 5.56 Å². The Morgan fingerprint density at radius 2 is 1.48 bits per heavy atom. The molecule has 2 rings (SSSR count). The van der Waals surface area contributed by atoms with E-state index in [0.29, 0.717) is 18.4 Å². The molecule has 0 radical (unpaired) electrons. The maximum absolute atomic E-state index is 11.8. The van der Waals surface area contributed by atoms with Crippen molar-refractivity contribution in [1.82, 2.24) is 16.2 Å². The van der Waals surface area contributed by atoms with Crippen molar-refractivity contribution in [3.8, 4) is 0 Å². The molecular formula is C17H17N3O2S. The minimum atomic E-state index is -0.327. The second-order valence-corrected chi connectivity index (χ2v) is 5.22. The number of carbonyl (C=O) groups excluding carboxylic acids is 2. The van der Waals surface area contributed by atoms with Gasteiger partial charge in [0.05, 0.1) is 0 Å². The molecule has 3 N–H and O–H groups in total. The Hall–Kier alpha value is -2.73. The van der Waals surface area contributed by atoms with Crippen molar-refractivity contribution in [3.63, 3.8) is 0 Å². The third-order valence-electron chi connectivity index (χ3n) is 3.06. The standard InChI is InChI=1S/C17H17N3O2S/c21-15(12-11-13-7-3-1-4-8-13)18-17(23)20-19-16(22)14-9-5-2-6-10-14/h1-10H,11-12H2,(H,19,22)(H2,18,20,21,23).